The van der Waals surface area contributed by atoms with Crippen LogP contribution in [-0.4, -0.2) is 76.2 Å². The molecule has 0 amide bonds. The zero-order valence-corrected chi connectivity index (χ0v) is 15.7. The van der Waals surface area contributed by atoms with E-state index in [4.69, 9.17) is 10.5 Å². The Morgan fingerprint density at radius 2 is 2.06 bits per heavy atom. The van der Waals surface area contributed by atoms with Crippen LogP contribution in [0, 0.1) is 0 Å². The van der Waals surface area contributed by atoms with E-state index < -0.39 is 36.7 Å². The van der Waals surface area contributed by atoms with Gasteiger partial charge in [-0.25, -0.2) is 10.4 Å². The van der Waals surface area contributed by atoms with Gasteiger partial charge in [0, 0.05) is 11.6 Å². The molecule has 0 spiro atoms. The van der Waals surface area contributed by atoms with Crippen LogP contribution < -0.4 is 16.7 Å². The largest absolute Gasteiger partial charge is 0.508 e. The van der Waals surface area contributed by atoms with Crippen molar-refractivity contribution < 1.29 is 30.3 Å². The molecule has 0 radical (unpaired) electrons. The van der Waals surface area contributed by atoms with Gasteiger partial charge in [0.15, 0.2) is 17.4 Å². The van der Waals surface area contributed by atoms with Gasteiger partial charge in [-0.2, -0.15) is 10.1 Å². The molecular weight excluding hydrogens is 414 g/mol. The highest BCUT2D eigenvalue weighted by Gasteiger charge is 2.45. The number of hydrazone groups is 1. The first kappa shape index (κ1) is 20.5. The Balaban J connectivity index is 1.76. The number of nitrogen functional groups attached to an aromatic ring is 1. The van der Waals surface area contributed by atoms with Crippen LogP contribution in [0.1, 0.15) is 11.8 Å². The van der Waals surface area contributed by atoms with E-state index in [0.717, 1.165) is 6.07 Å². The maximum Gasteiger partial charge on any atom is 0.280 e. The summed E-state index contributed by atoms with van der Waals surface area (Å²) >= 11 is 0. The molecule has 4 unspecified atom stereocenters. The number of phenolic OH excluding ortho intramolecular Hbond substituents is 2. The normalized spacial score (nSPS) is 23.7. The second kappa shape index (κ2) is 7.84. The fraction of sp³-hybridized carbons (Fsp3) is 0.294. The summed E-state index contributed by atoms with van der Waals surface area (Å²) < 4.78 is 6.70. The molecule has 0 bridgehead atoms. The summed E-state index contributed by atoms with van der Waals surface area (Å²) in [6.07, 6.45) is -4.02. The molecule has 2 aromatic heterocycles. The molecule has 9 N–H and O–H groups in total. The van der Waals surface area contributed by atoms with Crippen LogP contribution in [0.2, 0.25) is 0 Å². The zero-order valence-electron chi connectivity index (χ0n) is 15.7. The monoisotopic (exact) mass is 433 g/mol. The summed E-state index contributed by atoms with van der Waals surface area (Å²) in [6.45, 7) is -0.557. The van der Waals surface area contributed by atoms with Crippen molar-refractivity contribution in [3.05, 3.63) is 34.1 Å². The topological polar surface area (TPSA) is 224 Å². The first-order valence-corrected chi connectivity index (χ1v) is 9.01. The average molecular weight is 433 g/mol. The number of ether oxygens (including phenoxy) is 1. The van der Waals surface area contributed by atoms with Crippen molar-refractivity contribution in [2.45, 2.75) is 24.5 Å². The molecule has 3 aromatic rings. The highest BCUT2D eigenvalue weighted by Crippen LogP contribution is 2.34. The summed E-state index contributed by atoms with van der Waals surface area (Å²) in [6, 6.07) is 3.89. The molecule has 1 saturated heterocycles. The van der Waals surface area contributed by atoms with Crippen molar-refractivity contribution in [2.24, 2.45) is 5.10 Å². The van der Waals surface area contributed by atoms with E-state index in [9.17, 15) is 30.3 Å². The van der Waals surface area contributed by atoms with Gasteiger partial charge in [-0.15, -0.1) is 0 Å². The zero-order chi connectivity index (χ0) is 22.3. The van der Waals surface area contributed by atoms with Crippen LogP contribution in [0.4, 0.5) is 11.9 Å². The number of aromatic nitrogens is 4. The first-order chi connectivity index (χ1) is 14.8. The van der Waals surface area contributed by atoms with Gasteiger partial charge in [0.1, 0.15) is 29.8 Å². The Kier molecular flexibility index (Phi) is 5.20. The Labute approximate surface area is 172 Å². The number of aromatic amines is 1. The van der Waals surface area contributed by atoms with E-state index in [1.165, 1.54) is 22.9 Å². The van der Waals surface area contributed by atoms with Crippen LogP contribution in [0.25, 0.3) is 11.2 Å². The molecule has 1 aliphatic rings. The van der Waals surface area contributed by atoms with E-state index in [2.05, 4.69) is 25.5 Å². The lowest BCUT2D eigenvalue weighted by molar-refractivity contribution is -0.0501. The van der Waals surface area contributed by atoms with Crippen LogP contribution in [0.3, 0.4) is 0 Å². The van der Waals surface area contributed by atoms with E-state index in [-0.39, 0.29) is 40.1 Å². The van der Waals surface area contributed by atoms with Gasteiger partial charge in [-0.1, -0.05) is 0 Å². The number of phenols is 2. The number of nitrogens with one attached hydrogen (secondary N) is 2. The summed E-state index contributed by atoms with van der Waals surface area (Å²) in [5.74, 6) is -0.664. The number of aliphatic hydroxyl groups excluding tert-OH is 3. The number of anilines is 2. The molecule has 31 heavy (non-hydrogen) atoms. The van der Waals surface area contributed by atoms with Crippen molar-refractivity contribution in [3.63, 3.8) is 0 Å². The quantitative estimate of drug-likeness (QED) is 0.165. The maximum absolute atomic E-state index is 12.3. The molecule has 1 aliphatic heterocycles. The van der Waals surface area contributed by atoms with E-state index in [1.54, 1.807) is 0 Å². The van der Waals surface area contributed by atoms with Crippen molar-refractivity contribution in [1.29, 1.82) is 0 Å². The molecule has 4 atom stereocenters. The Morgan fingerprint density at radius 1 is 1.29 bits per heavy atom. The van der Waals surface area contributed by atoms with Gasteiger partial charge in [-0.3, -0.25) is 14.3 Å². The molecule has 0 saturated carbocycles. The molecule has 14 heteroatoms. The van der Waals surface area contributed by atoms with Crippen molar-refractivity contribution in [2.75, 3.05) is 17.8 Å². The summed E-state index contributed by atoms with van der Waals surface area (Å²) in [7, 11) is 0. The number of hydrogen-bond acceptors (Lipinski definition) is 12. The number of benzene rings is 1. The molecule has 164 valence electrons. The number of nitrogens with zero attached hydrogens (tertiary/aromatic N) is 4. The minimum atomic E-state index is -1.48. The average Bonchev–Trinajstić information content (AvgIpc) is 3.21. The predicted octanol–water partition coefficient (Wildman–Crippen LogP) is -1.83. The number of aromatic hydroxyl groups is 2. The minimum Gasteiger partial charge on any atom is -0.508 e. The molecule has 3 heterocycles. The SMILES string of the molecule is Nc1nc2c(nc(NN=Cc3ccc(O)cc3O)n2C2OC(CO)C(O)C2O)c(=O)[nH]1. The van der Waals surface area contributed by atoms with Crippen molar-refractivity contribution in [1.82, 2.24) is 19.5 Å². The molecule has 1 aromatic carbocycles. The van der Waals surface area contributed by atoms with E-state index >= 15 is 0 Å². The first-order valence-electron chi connectivity index (χ1n) is 9.01. The fourth-order valence-corrected chi connectivity index (χ4v) is 3.21. The van der Waals surface area contributed by atoms with E-state index in [0.29, 0.717) is 0 Å². The summed E-state index contributed by atoms with van der Waals surface area (Å²) in [4.78, 5) is 22.7. The smallest absolute Gasteiger partial charge is 0.280 e. The Morgan fingerprint density at radius 3 is 2.74 bits per heavy atom. The lowest BCUT2D eigenvalue weighted by Gasteiger charge is -2.18. The highest BCUT2D eigenvalue weighted by molar-refractivity contribution is 5.84. The number of aliphatic hydroxyl groups is 3. The predicted molar refractivity (Wildman–Crippen MR) is 107 cm³/mol. The number of fused-ring (bicyclic) bond motifs is 1. The van der Waals surface area contributed by atoms with Crippen LogP contribution in [-0.2, 0) is 4.74 Å². The number of H-pyrrole nitrogens is 1. The third-order valence-electron chi connectivity index (χ3n) is 4.72. The molecule has 1 fully saturated rings. The van der Waals surface area contributed by atoms with Gasteiger partial charge in [0.25, 0.3) is 5.56 Å². The Bertz CT molecular complexity index is 1210. The lowest BCUT2D eigenvalue weighted by atomic mass is 10.1. The van der Waals surface area contributed by atoms with Crippen molar-refractivity contribution >= 4 is 29.3 Å². The number of hydrogen-bond donors (Lipinski definition) is 8. The third kappa shape index (κ3) is 3.64. The number of rotatable bonds is 5. The van der Waals surface area contributed by atoms with Gasteiger partial charge in [0.2, 0.25) is 11.9 Å². The van der Waals surface area contributed by atoms with Crippen LogP contribution in [0.15, 0.2) is 28.1 Å². The second-order valence-electron chi connectivity index (χ2n) is 6.77. The number of nitrogens with two attached hydrogens (primary N) is 1. The van der Waals surface area contributed by atoms with Gasteiger partial charge >= 0.3 is 0 Å². The van der Waals surface area contributed by atoms with Crippen molar-refractivity contribution in [3.8, 4) is 11.5 Å². The molecular formula is C17H19N7O7. The molecule has 14 nitrogen and oxygen atoms in total. The van der Waals surface area contributed by atoms with Crippen LogP contribution >= 0.6 is 0 Å². The summed E-state index contributed by atoms with van der Waals surface area (Å²) in [5, 5.41) is 53.0. The highest BCUT2D eigenvalue weighted by atomic mass is 16.6. The van der Waals surface area contributed by atoms with Gasteiger partial charge in [-0.05, 0) is 12.1 Å². The molecule has 4 rings (SSSR count). The summed E-state index contributed by atoms with van der Waals surface area (Å²) in [5.41, 5.74) is 7.60. The second-order valence-corrected chi connectivity index (χ2v) is 6.77. The maximum atomic E-state index is 12.3. The molecule has 0 aliphatic carbocycles. The van der Waals surface area contributed by atoms with E-state index in [1.807, 2.05) is 0 Å². The minimum absolute atomic E-state index is 0.0544. The Hall–Kier alpha value is -3.72. The lowest BCUT2D eigenvalue weighted by Crippen LogP contribution is -2.33. The standard InChI is InChI=1S/C17H19N7O7/c18-16-21-13-10(14(30)22-16)20-17(23-19-4-6-1-2-7(26)3-8(6)27)24(13)15-12(29)11(28)9(5-25)31-15/h1-4,9,11-12,15,25-29H,5H2,(H,20,23)(H3,18,21,22,30). The van der Waals surface area contributed by atoms with Gasteiger partial charge in [0.05, 0.1) is 12.8 Å². The van der Waals surface area contributed by atoms with Gasteiger partial charge < -0.3 is 36.0 Å². The van der Waals surface area contributed by atoms with Crippen LogP contribution in [0.5, 0.6) is 11.5 Å². The number of imidazole rings is 1. The third-order valence-corrected chi connectivity index (χ3v) is 4.72. The fourth-order valence-electron chi connectivity index (χ4n) is 3.21.